The third-order valence-corrected chi connectivity index (χ3v) is 1.75. The molecule has 0 aliphatic carbocycles. The van der Waals surface area contributed by atoms with Crippen LogP contribution in [0.4, 0.5) is 0 Å². The van der Waals surface area contributed by atoms with Gasteiger partial charge < -0.3 is 4.74 Å². The SMILES string of the molecule is COc1ccc(C(=O)C(C)C)cn1. The maximum atomic E-state index is 11.5. The van der Waals surface area contributed by atoms with Gasteiger partial charge in [0.1, 0.15) is 0 Å². The van der Waals surface area contributed by atoms with Gasteiger partial charge >= 0.3 is 0 Å². The molecule has 0 saturated heterocycles. The molecule has 1 aromatic rings. The lowest BCUT2D eigenvalue weighted by atomic mass is 10.0. The molecule has 0 atom stereocenters. The van der Waals surface area contributed by atoms with Crippen LogP contribution in [0, 0.1) is 5.92 Å². The highest BCUT2D eigenvalue weighted by Crippen LogP contribution is 2.10. The highest BCUT2D eigenvalue weighted by atomic mass is 16.5. The first-order chi connectivity index (χ1) is 6.15. The molecular formula is C10H13NO2. The third-order valence-electron chi connectivity index (χ3n) is 1.75. The van der Waals surface area contributed by atoms with Crippen LogP contribution in [0.15, 0.2) is 18.3 Å². The van der Waals surface area contributed by atoms with Crippen LogP contribution in [0.1, 0.15) is 24.2 Å². The van der Waals surface area contributed by atoms with Gasteiger partial charge in [0.25, 0.3) is 0 Å². The molecule has 13 heavy (non-hydrogen) atoms. The molecule has 1 aromatic heterocycles. The molecule has 3 nitrogen and oxygen atoms in total. The number of carbonyl (C=O) groups is 1. The minimum absolute atomic E-state index is 0.00944. The largest absolute Gasteiger partial charge is 0.481 e. The number of carbonyl (C=O) groups excluding carboxylic acids is 1. The Labute approximate surface area is 77.8 Å². The van der Waals surface area contributed by atoms with Gasteiger partial charge in [-0.1, -0.05) is 13.8 Å². The maximum absolute atomic E-state index is 11.5. The van der Waals surface area contributed by atoms with Gasteiger partial charge in [-0.25, -0.2) is 4.98 Å². The summed E-state index contributed by atoms with van der Waals surface area (Å²) in [6.07, 6.45) is 1.54. The van der Waals surface area contributed by atoms with Crippen molar-refractivity contribution in [2.75, 3.05) is 7.11 Å². The average Bonchev–Trinajstić information content (AvgIpc) is 2.17. The molecule has 3 heteroatoms. The fraction of sp³-hybridized carbons (Fsp3) is 0.400. The number of hydrogen-bond acceptors (Lipinski definition) is 3. The monoisotopic (exact) mass is 179 g/mol. The van der Waals surface area contributed by atoms with Crippen LogP contribution < -0.4 is 4.74 Å². The van der Waals surface area contributed by atoms with E-state index in [1.54, 1.807) is 25.4 Å². The van der Waals surface area contributed by atoms with Crippen LogP contribution in [0.2, 0.25) is 0 Å². The Bertz CT molecular complexity index is 290. The molecule has 0 aliphatic heterocycles. The number of aromatic nitrogens is 1. The Balaban J connectivity index is 2.86. The van der Waals surface area contributed by atoms with Gasteiger partial charge in [-0.15, -0.1) is 0 Å². The van der Waals surface area contributed by atoms with Crippen molar-refractivity contribution in [1.82, 2.24) is 4.98 Å². The van der Waals surface area contributed by atoms with Gasteiger partial charge in [-0.3, -0.25) is 4.79 Å². The normalized spacial score (nSPS) is 10.2. The minimum atomic E-state index is 0.00944. The van der Waals surface area contributed by atoms with Gasteiger partial charge in [0.15, 0.2) is 5.78 Å². The predicted molar refractivity (Wildman–Crippen MR) is 50.0 cm³/mol. The zero-order chi connectivity index (χ0) is 9.84. The summed E-state index contributed by atoms with van der Waals surface area (Å²) >= 11 is 0. The van der Waals surface area contributed by atoms with Crippen LogP contribution in [0.5, 0.6) is 5.88 Å². The molecule has 0 N–H and O–H groups in total. The van der Waals surface area contributed by atoms with Gasteiger partial charge in [-0.2, -0.15) is 0 Å². The highest BCUT2D eigenvalue weighted by molar-refractivity contribution is 5.97. The first-order valence-electron chi connectivity index (χ1n) is 4.19. The number of rotatable bonds is 3. The maximum Gasteiger partial charge on any atom is 0.212 e. The summed E-state index contributed by atoms with van der Waals surface area (Å²) in [7, 11) is 1.55. The van der Waals surface area contributed by atoms with E-state index in [4.69, 9.17) is 4.74 Å². The molecule has 0 aromatic carbocycles. The Morgan fingerprint density at radius 3 is 2.54 bits per heavy atom. The standard InChI is InChI=1S/C10H13NO2/c1-7(2)10(12)8-4-5-9(13-3)11-6-8/h4-7H,1-3H3. The van der Waals surface area contributed by atoms with E-state index in [0.29, 0.717) is 11.4 Å². The molecular weight excluding hydrogens is 166 g/mol. The van der Waals surface area contributed by atoms with E-state index < -0.39 is 0 Å². The topological polar surface area (TPSA) is 39.2 Å². The van der Waals surface area contributed by atoms with Crippen LogP contribution >= 0.6 is 0 Å². The molecule has 0 amide bonds. The summed E-state index contributed by atoms with van der Waals surface area (Å²) in [6.45, 7) is 3.74. The van der Waals surface area contributed by atoms with Crippen LogP contribution in [-0.2, 0) is 0 Å². The van der Waals surface area contributed by atoms with E-state index in [2.05, 4.69) is 4.98 Å². The zero-order valence-electron chi connectivity index (χ0n) is 8.07. The Kier molecular flexibility index (Phi) is 3.01. The summed E-state index contributed by atoms with van der Waals surface area (Å²) in [4.78, 5) is 15.4. The summed E-state index contributed by atoms with van der Waals surface area (Å²) < 4.78 is 4.89. The van der Waals surface area contributed by atoms with E-state index in [1.807, 2.05) is 13.8 Å². The number of hydrogen-bond donors (Lipinski definition) is 0. The minimum Gasteiger partial charge on any atom is -0.481 e. The van der Waals surface area contributed by atoms with Crippen LogP contribution in [0.25, 0.3) is 0 Å². The third kappa shape index (κ3) is 2.28. The van der Waals surface area contributed by atoms with E-state index in [9.17, 15) is 4.79 Å². The molecule has 0 saturated carbocycles. The quantitative estimate of drug-likeness (QED) is 0.665. The van der Waals surface area contributed by atoms with Crippen LogP contribution in [0.3, 0.4) is 0 Å². The van der Waals surface area contributed by atoms with E-state index in [0.717, 1.165) is 0 Å². The number of pyridine rings is 1. The fourth-order valence-electron chi connectivity index (χ4n) is 0.980. The second kappa shape index (κ2) is 4.03. The first kappa shape index (κ1) is 9.71. The van der Waals surface area contributed by atoms with Crippen molar-refractivity contribution >= 4 is 5.78 Å². The van der Waals surface area contributed by atoms with E-state index in [1.165, 1.54) is 0 Å². The van der Waals surface area contributed by atoms with Gasteiger partial charge in [0.05, 0.1) is 7.11 Å². The zero-order valence-corrected chi connectivity index (χ0v) is 8.07. The number of ether oxygens (including phenoxy) is 1. The van der Waals surface area contributed by atoms with Crippen LogP contribution in [-0.4, -0.2) is 17.9 Å². The summed E-state index contributed by atoms with van der Waals surface area (Å²) in [5.74, 6) is 0.644. The van der Waals surface area contributed by atoms with Crippen molar-refractivity contribution < 1.29 is 9.53 Å². The summed E-state index contributed by atoms with van der Waals surface area (Å²) in [5.41, 5.74) is 0.635. The van der Waals surface area contributed by atoms with Crippen molar-refractivity contribution in [2.24, 2.45) is 5.92 Å². The molecule has 0 aliphatic rings. The van der Waals surface area contributed by atoms with Gasteiger partial charge in [-0.05, 0) is 6.07 Å². The summed E-state index contributed by atoms with van der Waals surface area (Å²) in [5, 5.41) is 0. The lowest BCUT2D eigenvalue weighted by Crippen LogP contribution is -2.07. The molecule has 70 valence electrons. The lowest BCUT2D eigenvalue weighted by Gasteiger charge is -2.03. The Hall–Kier alpha value is -1.38. The second-order valence-corrected chi connectivity index (χ2v) is 3.11. The number of ketones is 1. The second-order valence-electron chi connectivity index (χ2n) is 3.11. The van der Waals surface area contributed by atoms with Crippen molar-refractivity contribution in [3.05, 3.63) is 23.9 Å². The fourth-order valence-corrected chi connectivity index (χ4v) is 0.980. The molecule has 0 unspecified atom stereocenters. The van der Waals surface area contributed by atoms with Crippen molar-refractivity contribution in [2.45, 2.75) is 13.8 Å². The highest BCUT2D eigenvalue weighted by Gasteiger charge is 2.10. The number of methoxy groups -OCH3 is 1. The lowest BCUT2D eigenvalue weighted by molar-refractivity contribution is 0.0939. The number of Topliss-reactive ketones (excluding diaryl/α,β-unsaturated/α-hetero) is 1. The predicted octanol–water partition coefficient (Wildman–Crippen LogP) is 1.93. The Morgan fingerprint density at radius 1 is 1.46 bits per heavy atom. The van der Waals surface area contributed by atoms with Gasteiger partial charge in [0.2, 0.25) is 5.88 Å². The van der Waals surface area contributed by atoms with E-state index >= 15 is 0 Å². The van der Waals surface area contributed by atoms with Gasteiger partial charge in [0, 0.05) is 23.7 Å². The molecule has 0 spiro atoms. The molecule has 0 bridgehead atoms. The first-order valence-corrected chi connectivity index (χ1v) is 4.19. The molecule has 1 heterocycles. The molecule has 0 fully saturated rings. The summed E-state index contributed by atoms with van der Waals surface area (Å²) in [6, 6.07) is 3.42. The van der Waals surface area contributed by atoms with Crippen molar-refractivity contribution in [3.8, 4) is 5.88 Å². The Morgan fingerprint density at radius 2 is 2.15 bits per heavy atom. The number of nitrogens with zero attached hydrogens (tertiary/aromatic N) is 1. The van der Waals surface area contributed by atoms with Crippen molar-refractivity contribution in [1.29, 1.82) is 0 Å². The average molecular weight is 179 g/mol. The van der Waals surface area contributed by atoms with E-state index in [-0.39, 0.29) is 11.7 Å². The van der Waals surface area contributed by atoms with Crippen molar-refractivity contribution in [3.63, 3.8) is 0 Å². The smallest absolute Gasteiger partial charge is 0.212 e. The molecule has 1 rings (SSSR count). The molecule has 0 radical (unpaired) electrons.